The Kier molecular flexibility index (Phi) is 7.13. The minimum Gasteiger partial charge on any atom is -0.497 e. The quantitative estimate of drug-likeness (QED) is 0.460. The van der Waals surface area contributed by atoms with E-state index >= 15 is 0 Å². The van der Waals surface area contributed by atoms with Gasteiger partial charge in [0.15, 0.2) is 11.5 Å². The van der Waals surface area contributed by atoms with Gasteiger partial charge in [-0.1, -0.05) is 0 Å². The number of rotatable bonds is 9. The number of methoxy groups -OCH3 is 3. The highest BCUT2D eigenvalue weighted by Gasteiger charge is 2.16. The predicted molar refractivity (Wildman–Crippen MR) is 114 cm³/mol. The summed E-state index contributed by atoms with van der Waals surface area (Å²) in [7, 11) is 4.64. The summed E-state index contributed by atoms with van der Waals surface area (Å²) in [5, 5.41) is 2.65. The van der Waals surface area contributed by atoms with Crippen LogP contribution in [0.4, 0.5) is 0 Å². The van der Waals surface area contributed by atoms with Crippen molar-refractivity contribution in [3.05, 3.63) is 53.0 Å². The molecule has 0 amide bonds. The Bertz CT molecular complexity index is 1020. The number of thiazole rings is 1. The molecule has 0 saturated carbocycles. The summed E-state index contributed by atoms with van der Waals surface area (Å²) in [6.07, 6.45) is 0. The average Bonchev–Trinajstić information content (AvgIpc) is 3.26. The first-order valence-electron chi connectivity index (χ1n) is 9.24. The van der Waals surface area contributed by atoms with Crippen molar-refractivity contribution in [1.29, 1.82) is 0 Å². The number of carbonyl (C=O) groups excluding carboxylic acids is 1. The molecule has 0 spiro atoms. The van der Waals surface area contributed by atoms with E-state index in [0.29, 0.717) is 40.9 Å². The van der Waals surface area contributed by atoms with Gasteiger partial charge in [-0.3, -0.25) is 0 Å². The summed E-state index contributed by atoms with van der Waals surface area (Å²) < 4.78 is 26.8. The van der Waals surface area contributed by atoms with Gasteiger partial charge in [0.1, 0.15) is 28.7 Å². The molecule has 0 saturated heterocycles. The second kappa shape index (κ2) is 9.98. The van der Waals surface area contributed by atoms with E-state index in [9.17, 15) is 4.79 Å². The maximum atomic E-state index is 12.5. The molecule has 158 valence electrons. The lowest BCUT2D eigenvalue weighted by Gasteiger charge is -2.10. The molecule has 0 aliphatic rings. The van der Waals surface area contributed by atoms with E-state index in [4.69, 9.17) is 23.7 Å². The molecule has 1 heterocycles. The first kappa shape index (κ1) is 21.4. The van der Waals surface area contributed by atoms with E-state index in [1.54, 1.807) is 32.4 Å². The Morgan fingerprint density at radius 3 is 2.47 bits per heavy atom. The average molecular weight is 429 g/mol. The summed E-state index contributed by atoms with van der Waals surface area (Å²) in [6.45, 7) is 2.53. The predicted octanol–water partition coefficient (Wildman–Crippen LogP) is 4.59. The summed E-state index contributed by atoms with van der Waals surface area (Å²) in [5.74, 6) is 1.82. The number of hydrogen-bond donors (Lipinski definition) is 0. The Balaban J connectivity index is 1.70. The Morgan fingerprint density at radius 2 is 1.77 bits per heavy atom. The third-order valence-corrected chi connectivity index (χ3v) is 5.18. The molecule has 0 unspecified atom stereocenters. The SMILES string of the molecule is CCOc1ccc(-c2nc(COC(=O)c3ccc(OC)cc3OC)cs2)cc1OC. The number of ether oxygens (including phenoxy) is 5. The monoisotopic (exact) mass is 429 g/mol. The van der Waals surface area contributed by atoms with Gasteiger partial charge < -0.3 is 23.7 Å². The van der Waals surface area contributed by atoms with Crippen LogP contribution in [0.1, 0.15) is 23.0 Å². The molecule has 0 bridgehead atoms. The molecule has 3 rings (SSSR count). The van der Waals surface area contributed by atoms with Gasteiger partial charge in [-0.15, -0.1) is 11.3 Å². The lowest BCUT2D eigenvalue weighted by atomic mass is 10.2. The van der Waals surface area contributed by atoms with Crippen molar-refractivity contribution in [1.82, 2.24) is 4.98 Å². The second-order valence-corrected chi connectivity index (χ2v) is 6.94. The van der Waals surface area contributed by atoms with E-state index in [-0.39, 0.29) is 6.61 Å². The maximum Gasteiger partial charge on any atom is 0.342 e. The van der Waals surface area contributed by atoms with Crippen LogP contribution in [0.15, 0.2) is 41.8 Å². The van der Waals surface area contributed by atoms with Crippen LogP contribution in [0.5, 0.6) is 23.0 Å². The highest BCUT2D eigenvalue weighted by atomic mass is 32.1. The molecule has 0 radical (unpaired) electrons. The molecule has 0 aliphatic carbocycles. The van der Waals surface area contributed by atoms with Crippen LogP contribution in [-0.2, 0) is 11.3 Å². The van der Waals surface area contributed by atoms with Crippen LogP contribution >= 0.6 is 11.3 Å². The Hall–Kier alpha value is -3.26. The molecule has 8 heteroatoms. The van der Waals surface area contributed by atoms with Gasteiger partial charge in [-0.25, -0.2) is 9.78 Å². The number of esters is 1. The zero-order valence-electron chi connectivity index (χ0n) is 17.3. The molecule has 0 aliphatic heterocycles. The molecule has 7 nitrogen and oxygen atoms in total. The minimum atomic E-state index is -0.494. The number of carbonyl (C=O) groups is 1. The first-order chi connectivity index (χ1) is 14.6. The number of nitrogens with zero attached hydrogens (tertiary/aromatic N) is 1. The van der Waals surface area contributed by atoms with Crippen molar-refractivity contribution < 1.29 is 28.5 Å². The zero-order valence-corrected chi connectivity index (χ0v) is 18.1. The van der Waals surface area contributed by atoms with E-state index < -0.39 is 5.97 Å². The largest absolute Gasteiger partial charge is 0.497 e. The summed E-state index contributed by atoms with van der Waals surface area (Å²) >= 11 is 1.46. The fourth-order valence-corrected chi connectivity index (χ4v) is 3.57. The van der Waals surface area contributed by atoms with E-state index in [1.807, 2.05) is 30.5 Å². The lowest BCUT2D eigenvalue weighted by molar-refractivity contribution is 0.0465. The van der Waals surface area contributed by atoms with Crippen molar-refractivity contribution in [2.24, 2.45) is 0 Å². The molecule has 1 aromatic heterocycles. The molecule has 30 heavy (non-hydrogen) atoms. The third-order valence-electron chi connectivity index (χ3n) is 4.24. The maximum absolute atomic E-state index is 12.5. The molecular weight excluding hydrogens is 406 g/mol. The molecule has 0 atom stereocenters. The Morgan fingerprint density at radius 1 is 0.967 bits per heavy atom. The van der Waals surface area contributed by atoms with E-state index in [2.05, 4.69) is 4.98 Å². The van der Waals surface area contributed by atoms with Gasteiger partial charge >= 0.3 is 5.97 Å². The smallest absolute Gasteiger partial charge is 0.342 e. The van der Waals surface area contributed by atoms with Crippen LogP contribution in [0.3, 0.4) is 0 Å². The normalized spacial score (nSPS) is 10.4. The first-order valence-corrected chi connectivity index (χ1v) is 10.1. The van der Waals surface area contributed by atoms with Gasteiger partial charge in [0.25, 0.3) is 0 Å². The molecule has 0 fully saturated rings. The third kappa shape index (κ3) is 4.83. The zero-order chi connectivity index (χ0) is 21.5. The fraction of sp³-hybridized carbons (Fsp3) is 0.273. The topological polar surface area (TPSA) is 76.1 Å². The highest BCUT2D eigenvalue weighted by molar-refractivity contribution is 7.13. The van der Waals surface area contributed by atoms with Crippen LogP contribution in [0.25, 0.3) is 10.6 Å². The number of hydrogen-bond acceptors (Lipinski definition) is 8. The fourth-order valence-electron chi connectivity index (χ4n) is 2.77. The minimum absolute atomic E-state index is 0.0542. The lowest BCUT2D eigenvalue weighted by Crippen LogP contribution is -2.07. The van der Waals surface area contributed by atoms with Crippen LogP contribution in [0, 0.1) is 0 Å². The Labute approximate surface area is 179 Å². The number of aromatic nitrogens is 1. The molecule has 0 N–H and O–H groups in total. The van der Waals surface area contributed by atoms with Gasteiger partial charge in [-0.2, -0.15) is 0 Å². The number of benzene rings is 2. The highest BCUT2D eigenvalue weighted by Crippen LogP contribution is 2.34. The van der Waals surface area contributed by atoms with Gasteiger partial charge in [0.2, 0.25) is 0 Å². The second-order valence-electron chi connectivity index (χ2n) is 6.08. The van der Waals surface area contributed by atoms with E-state index in [0.717, 1.165) is 10.6 Å². The van der Waals surface area contributed by atoms with Crippen molar-refractivity contribution in [3.8, 4) is 33.6 Å². The summed E-state index contributed by atoms with van der Waals surface area (Å²) in [4.78, 5) is 17.0. The molecular formula is C22H23NO6S. The molecule has 3 aromatic rings. The molecule has 2 aromatic carbocycles. The summed E-state index contributed by atoms with van der Waals surface area (Å²) in [6, 6.07) is 10.6. The van der Waals surface area contributed by atoms with Gasteiger partial charge in [-0.05, 0) is 37.3 Å². The van der Waals surface area contributed by atoms with Crippen LogP contribution < -0.4 is 18.9 Å². The van der Waals surface area contributed by atoms with Crippen molar-refractivity contribution >= 4 is 17.3 Å². The van der Waals surface area contributed by atoms with Crippen LogP contribution in [0.2, 0.25) is 0 Å². The van der Waals surface area contributed by atoms with Crippen LogP contribution in [-0.4, -0.2) is 38.9 Å². The van der Waals surface area contributed by atoms with E-state index in [1.165, 1.54) is 18.4 Å². The van der Waals surface area contributed by atoms with Gasteiger partial charge in [0, 0.05) is 17.0 Å². The standard InChI is InChI=1S/C22H23NO6S/c1-5-28-18-9-6-14(10-20(18)27-4)21-23-15(13-30-21)12-29-22(24)17-8-7-16(25-2)11-19(17)26-3/h6-11,13H,5,12H2,1-4H3. The van der Waals surface area contributed by atoms with Gasteiger partial charge in [0.05, 0.1) is 33.6 Å². The van der Waals surface area contributed by atoms with Crippen molar-refractivity contribution in [2.75, 3.05) is 27.9 Å². The van der Waals surface area contributed by atoms with Crippen molar-refractivity contribution in [3.63, 3.8) is 0 Å². The van der Waals surface area contributed by atoms with Crippen molar-refractivity contribution in [2.45, 2.75) is 13.5 Å². The summed E-state index contributed by atoms with van der Waals surface area (Å²) in [5.41, 5.74) is 1.88.